The van der Waals surface area contributed by atoms with Crippen molar-refractivity contribution in [2.24, 2.45) is 0 Å². The molecule has 0 aliphatic heterocycles. The second-order valence-electron chi connectivity index (χ2n) is 15.0. The molecule has 0 aliphatic carbocycles. The van der Waals surface area contributed by atoms with Crippen molar-refractivity contribution in [1.29, 1.82) is 0 Å². The van der Waals surface area contributed by atoms with Crippen LogP contribution in [0, 0.1) is 35.5 Å². The summed E-state index contributed by atoms with van der Waals surface area (Å²) >= 11 is 11.0. The lowest BCUT2D eigenvalue weighted by Gasteiger charge is -2.18. The van der Waals surface area contributed by atoms with Gasteiger partial charge in [0.1, 0.15) is 7.28 Å². The van der Waals surface area contributed by atoms with Crippen LogP contribution in [0.3, 0.4) is 0 Å². The molecule has 0 fully saturated rings. The lowest BCUT2D eigenvalue weighted by atomic mass is 9.69. The van der Waals surface area contributed by atoms with E-state index in [1.54, 1.807) is 31.1 Å². The second-order valence-corrected chi connectivity index (χ2v) is 17.6. The highest BCUT2D eigenvalue weighted by Gasteiger charge is 2.32. The Hall–Kier alpha value is -6.12. The lowest BCUT2D eigenvalue weighted by Crippen LogP contribution is -2.15. The maximum atomic E-state index is 13.6. The van der Waals surface area contributed by atoms with E-state index in [1.807, 2.05) is 19.4 Å². The van der Waals surface area contributed by atoms with Crippen LogP contribution < -0.4 is 5.46 Å². The zero-order valence-corrected chi connectivity index (χ0v) is 39.7. The molecule has 0 atom stereocenters. The smallest absolute Gasteiger partial charge is 0.166 e. The Labute approximate surface area is 413 Å². The monoisotopic (exact) mass is 1140 g/mol. The summed E-state index contributed by atoms with van der Waals surface area (Å²) in [6.45, 7) is 1.79. The second kappa shape index (κ2) is 20.1. The topological polar surface area (TPSA) is 0 Å². The van der Waals surface area contributed by atoms with E-state index in [0.29, 0.717) is 69.0 Å². The summed E-state index contributed by atoms with van der Waals surface area (Å²) in [5.74, 6) is 17.5. The van der Waals surface area contributed by atoms with Gasteiger partial charge >= 0.3 is 24.7 Å². The first-order valence-electron chi connectivity index (χ1n) is 20.0. The van der Waals surface area contributed by atoms with Crippen LogP contribution in [-0.2, 0) is 24.7 Å². The summed E-state index contributed by atoms with van der Waals surface area (Å²) in [6.07, 6.45) is -18.3. The van der Waals surface area contributed by atoms with Crippen molar-refractivity contribution in [2.45, 2.75) is 31.5 Å². The normalized spacial score (nSPS) is 11.7. The van der Waals surface area contributed by atoms with Crippen molar-refractivity contribution < 1.29 is 52.7 Å². The molecule has 1 radical (unpaired) electrons. The lowest BCUT2D eigenvalue weighted by molar-refractivity contribution is -0.138. The number of benzene rings is 7. The molecule has 0 saturated heterocycles. The van der Waals surface area contributed by atoms with Gasteiger partial charge in [-0.3, -0.25) is 0 Å². The molecular formula is C53H25BBr3F12. The Morgan fingerprint density at radius 3 is 1.04 bits per heavy atom. The maximum Gasteiger partial charge on any atom is 0.416 e. The minimum Gasteiger partial charge on any atom is -0.166 e. The number of alkyl halides is 12. The van der Waals surface area contributed by atoms with Crippen LogP contribution in [0.4, 0.5) is 52.7 Å². The maximum absolute atomic E-state index is 13.6. The summed E-state index contributed by atoms with van der Waals surface area (Å²) in [7, 11) is 1.83. The number of halogens is 15. The van der Waals surface area contributed by atoms with Crippen LogP contribution in [0.2, 0.25) is 6.82 Å². The molecule has 0 spiro atoms. The van der Waals surface area contributed by atoms with Gasteiger partial charge in [0, 0.05) is 46.8 Å². The van der Waals surface area contributed by atoms with Crippen molar-refractivity contribution in [1.82, 2.24) is 0 Å². The molecule has 69 heavy (non-hydrogen) atoms. The van der Waals surface area contributed by atoms with Crippen molar-refractivity contribution in [3.05, 3.63) is 203 Å². The van der Waals surface area contributed by atoms with Gasteiger partial charge in [0.2, 0.25) is 0 Å². The fourth-order valence-corrected chi connectivity index (χ4v) is 8.53. The largest absolute Gasteiger partial charge is 0.416 e. The fourth-order valence-electron chi connectivity index (χ4n) is 6.86. The third-order valence-electron chi connectivity index (χ3n) is 10.4. The average Bonchev–Trinajstić information content (AvgIpc) is 3.29. The van der Waals surface area contributed by atoms with E-state index in [2.05, 4.69) is 83.3 Å². The van der Waals surface area contributed by atoms with Crippen molar-refractivity contribution >= 4 is 60.5 Å². The van der Waals surface area contributed by atoms with E-state index in [1.165, 1.54) is 48.5 Å². The van der Waals surface area contributed by atoms with Crippen LogP contribution in [0.5, 0.6) is 0 Å². The Balaban J connectivity index is 1.34. The predicted octanol–water partition coefficient (Wildman–Crippen LogP) is 16.6. The number of hydrogen-bond donors (Lipinski definition) is 0. The quantitative estimate of drug-likeness (QED) is 0.0936. The SMILES string of the molecule is C[B]c1cc(-c2cc(C#Cc3ccc(C(F)(F)F)cc3)c(C#Cc3ccc(C(F)(F)F)cc3)cc2Br)c(Br)cc1-c1cc(-c2ccc(C(F)(F)F)cc2)c(C#Cc2ccc(C(F)(F)F)cc2)cc1Br. The molecule has 0 nitrogen and oxygen atoms in total. The van der Waals surface area contributed by atoms with Gasteiger partial charge in [-0.15, -0.1) is 0 Å². The summed E-state index contributed by atoms with van der Waals surface area (Å²) in [5, 5.41) is 0. The molecule has 0 bridgehead atoms. The summed E-state index contributed by atoms with van der Waals surface area (Å²) in [4.78, 5) is 0. The van der Waals surface area contributed by atoms with Crippen LogP contribution in [-0.4, -0.2) is 7.28 Å². The summed E-state index contributed by atoms with van der Waals surface area (Å²) in [5.41, 5.74) is 2.39. The van der Waals surface area contributed by atoms with E-state index < -0.39 is 47.0 Å². The van der Waals surface area contributed by atoms with Crippen LogP contribution in [0.25, 0.3) is 33.4 Å². The molecule has 7 aromatic carbocycles. The molecular weight excluding hydrogens is 1120 g/mol. The third-order valence-corrected chi connectivity index (χ3v) is 12.4. The van der Waals surface area contributed by atoms with Crippen molar-refractivity contribution in [3.63, 3.8) is 0 Å². The highest BCUT2D eigenvalue weighted by atomic mass is 79.9. The van der Waals surface area contributed by atoms with E-state index in [0.717, 1.165) is 48.5 Å². The first-order chi connectivity index (χ1) is 32.4. The first kappa shape index (κ1) is 50.8. The Kier molecular flexibility index (Phi) is 14.8. The van der Waals surface area contributed by atoms with Gasteiger partial charge in [0.25, 0.3) is 0 Å². The Morgan fingerprint density at radius 1 is 0.333 bits per heavy atom. The predicted molar refractivity (Wildman–Crippen MR) is 254 cm³/mol. The molecule has 0 heterocycles. The first-order valence-corrected chi connectivity index (χ1v) is 22.3. The molecule has 7 rings (SSSR count). The van der Waals surface area contributed by atoms with Gasteiger partial charge in [-0.05, 0) is 149 Å². The van der Waals surface area contributed by atoms with E-state index in [-0.39, 0.29) is 16.7 Å². The van der Waals surface area contributed by atoms with Crippen LogP contribution >= 0.6 is 47.8 Å². The van der Waals surface area contributed by atoms with Gasteiger partial charge in [-0.2, -0.15) is 52.7 Å². The fraction of sp³-hybridized carbons (Fsp3) is 0.0943. The average molecular weight is 1140 g/mol. The third kappa shape index (κ3) is 12.2. The molecule has 0 unspecified atom stereocenters. The standard InChI is InChI=1S/C53H25BBr3F12/c1-54-46-28-45(43-24-34(11-2-30-5-16-37(17-6-30)50(58,59)60)35(25-47(43)55)12-3-31-7-18-38(19-8-31)51(61,62)63)49(57)29-42(46)44-27-41(33-14-22-40(23-15-33)53(67,68)69)36(26-48(44)56)13-4-32-9-20-39(21-10-32)52(64,65)66/h5-10,14-29H,1H3. The van der Waals surface area contributed by atoms with Gasteiger partial charge in [0.15, 0.2) is 0 Å². The highest BCUT2D eigenvalue weighted by molar-refractivity contribution is 9.11. The van der Waals surface area contributed by atoms with Gasteiger partial charge in [-0.25, -0.2) is 0 Å². The molecule has 0 aliphatic rings. The highest BCUT2D eigenvalue weighted by Crippen LogP contribution is 2.41. The van der Waals surface area contributed by atoms with E-state index in [9.17, 15) is 52.7 Å². The molecule has 0 N–H and O–H groups in total. The zero-order chi connectivity index (χ0) is 50.1. The molecule has 0 aromatic heterocycles. The molecule has 16 heteroatoms. The summed E-state index contributed by atoms with van der Waals surface area (Å²) in [6, 6.07) is 27.7. The molecule has 0 saturated carbocycles. The minimum atomic E-state index is -4.61. The molecule has 0 amide bonds. The molecule has 345 valence electrons. The number of rotatable bonds is 4. The van der Waals surface area contributed by atoms with Gasteiger partial charge in [0.05, 0.1) is 22.3 Å². The Bertz CT molecular complexity index is 3260. The zero-order valence-electron chi connectivity index (χ0n) is 34.9. The van der Waals surface area contributed by atoms with Crippen molar-refractivity contribution in [2.75, 3.05) is 0 Å². The van der Waals surface area contributed by atoms with E-state index in [4.69, 9.17) is 0 Å². The Morgan fingerprint density at radius 2 is 0.652 bits per heavy atom. The summed E-state index contributed by atoms with van der Waals surface area (Å²) < 4.78 is 162. The van der Waals surface area contributed by atoms with E-state index >= 15 is 0 Å². The van der Waals surface area contributed by atoms with Crippen molar-refractivity contribution in [3.8, 4) is 68.9 Å². The minimum absolute atomic E-state index is 0.264. The number of hydrogen-bond acceptors (Lipinski definition) is 0. The van der Waals surface area contributed by atoms with Crippen LogP contribution in [0.1, 0.15) is 55.6 Å². The van der Waals surface area contributed by atoms with Gasteiger partial charge in [-0.1, -0.05) is 114 Å². The van der Waals surface area contributed by atoms with Crippen LogP contribution in [0.15, 0.2) is 147 Å². The van der Waals surface area contributed by atoms with Gasteiger partial charge < -0.3 is 0 Å². The molecule has 7 aromatic rings.